The lowest BCUT2D eigenvalue weighted by Gasteiger charge is -2.11. The number of hydrogen-bond acceptors (Lipinski definition) is 3. The zero-order valence-corrected chi connectivity index (χ0v) is 10.6. The standard InChI is InChI=1S/C14H18N2O3/c15-13(18)10-2-4-11(5-3-10)14(19)16-8-9-1-6-12(17)7-9/h2-5,9,12,17H,1,6-8H2,(H2,15,18)(H,16,19). The Morgan fingerprint density at radius 1 is 1.21 bits per heavy atom. The van der Waals surface area contributed by atoms with E-state index >= 15 is 0 Å². The molecule has 2 amide bonds. The number of aliphatic hydroxyl groups excluding tert-OH is 1. The molecule has 1 aliphatic rings. The van der Waals surface area contributed by atoms with Crippen LogP contribution in [-0.4, -0.2) is 29.6 Å². The van der Waals surface area contributed by atoms with E-state index in [-0.39, 0.29) is 12.0 Å². The third-order valence-corrected chi connectivity index (χ3v) is 3.50. The van der Waals surface area contributed by atoms with Gasteiger partial charge in [0.15, 0.2) is 0 Å². The number of rotatable bonds is 4. The first-order chi connectivity index (χ1) is 9.06. The van der Waals surface area contributed by atoms with Crippen molar-refractivity contribution in [3.05, 3.63) is 35.4 Å². The smallest absolute Gasteiger partial charge is 0.251 e. The van der Waals surface area contributed by atoms with E-state index in [1.807, 2.05) is 0 Å². The van der Waals surface area contributed by atoms with E-state index in [9.17, 15) is 14.7 Å². The summed E-state index contributed by atoms with van der Waals surface area (Å²) in [7, 11) is 0. The molecule has 1 aromatic rings. The molecule has 1 aromatic carbocycles. The summed E-state index contributed by atoms with van der Waals surface area (Å²) in [6.45, 7) is 0.577. The van der Waals surface area contributed by atoms with Gasteiger partial charge in [0.25, 0.3) is 5.91 Å². The van der Waals surface area contributed by atoms with Crippen LogP contribution in [0, 0.1) is 5.92 Å². The van der Waals surface area contributed by atoms with Gasteiger partial charge in [0.1, 0.15) is 0 Å². The molecule has 1 saturated carbocycles. The third kappa shape index (κ3) is 3.54. The zero-order valence-electron chi connectivity index (χ0n) is 10.6. The lowest BCUT2D eigenvalue weighted by Crippen LogP contribution is -2.28. The largest absolute Gasteiger partial charge is 0.393 e. The molecule has 0 spiro atoms. The number of hydrogen-bond donors (Lipinski definition) is 3. The molecule has 0 aliphatic heterocycles. The highest BCUT2D eigenvalue weighted by molar-refractivity contribution is 5.97. The van der Waals surface area contributed by atoms with E-state index in [0.717, 1.165) is 19.3 Å². The van der Waals surface area contributed by atoms with Crippen molar-refractivity contribution in [2.45, 2.75) is 25.4 Å². The van der Waals surface area contributed by atoms with E-state index in [2.05, 4.69) is 5.32 Å². The fourth-order valence-electron chi connectivity index (χ4n) is 2.36. The second-order valence-corrected chi connectivity index (χ2v) is 4.98. The summed E-state index contributed by atoms with van der Waals surface area (Å²) in [5, 5.41) is 12.3. The summed E-state index contributed by atoms with van der Waals surface area (Å²) < 4.78 is 0. The molecular weight excluding hydrogens is 244 g/mol. The SMILES string of the molecule is NC(=O)c1ccc(C(=O)NCC2CCC(O)C2)cc1. The molecule has 0 aromatic heterocycles. The number of aliphatic hydroxyl groups is 1. The first-order valence-corrected chi connectivity index (χ1v) is 6.42. The molecule has 0 bridgehead atoms. The van der Waals surface area contributed by atoms with Gasteiger partial charge in [-0.25, -0.2) is 0 Å². The molecule has 0 heterocycles. The van der Waals surface area contributed by atoms with Gasteiger partial charge in [0.05, 0.1) is 6.10 Å². The number of nitrogens with two attached hydrogens (primary N) is 1. The molecule has 2 unspecified atom stereocenters. The van der Waals surface area contributed by atoms with Crippen LogP contribution >= 0.6 is 0 Å². The van der Waals surface area contributed by atoms with Crippen LogP contribution < -0.4 is 11.1 Å². The maximum absolute atomic E-state index is 11.9. The highest BCUT2D eigenvalue weighted by Gasteiger charge is 2.23. The minimum absolute atomic E-state index is 0.169. The summed E-state index contributed by atoms with van der Waals surface area (Å²) in [4.78, 5) is 22.8. The maximum Gasteiger partial charge on any atom is 0.251 e. The minimum atomic E-state index is -0.507. The second kappa shape index (κ2) is 5.84. The molecule has 2 rings (SSSR count). The topological polar surface area (TPSA) is 92.4 Å². The van der Waals surface area contributed by atoms with Crippen molar-refractivity contribution in [3.8, 4) is 0 Å². The van der Waals surface area contributed by atoms with Crippen LogP contribution in [0.3, 0.4) is 0 Å². The number of primary amides is 1. The average molecular weight is 262 g/mol. The summed E-state index contributed by atoms with van der Waals surface area (Å²) in [6.07, 6.45) is 2.29. The predicted octanol–water partition coefficient (Wildman–Crippen LogP) is 0.676. The van der Waals surface area contributed by atoms with E-state index in [1.165, 1.54) is 12.1 Å². The lowest BCUT2D eigenvalue weighted by molar-refractivity contribution is 0.0942. The monoisotopic (exact) mass is 262 g/mol. The highest BCUT2D eigenvalue weighted by Crippen LogP contribution is 2.24. The molecule has 1 fully saturated rings. The van der Waals surface area contributed by atoms with Gasteiger partial charge in [-0.2, -0.15) is 0 Å². The Labute approximate surface area is 111 Å². The van der Waals surface area contributed by atoms with Crippen molar-refractivity contribution in [1.29, 1.82) is 0 Å². The Bertz CT molecular complexity index is 470. The molecule has 0 saturated heterocycles. The molecule has 102 valence electrons. The van der Waals surface area contributed by atoms with Gasteiger partial charge in [0.2, 0.25) is 5.91 Å². The second-order valence-electron chi connectivity index (χ2n) is 4.98. The van der Waals surface area contributed by atoms with Crippen molar-refractivity contribution in [2.24, 2.45) is 11.7 Å². The van der Waals surface area contributed by atoms with Gasteiger partial charge < -0.3 is 16.2 Å². The quantitative estimate of drug-likeness (QED) is 0.745. The Morgan fingerprint density at radius 2 is 1.84 bits per heavy atom. The van der Waals surface area contributed by atoms with Crippen molar-refractivity contribution in [2.75, 3.05) is 6.54 Å². The predicted molar refractivity (Wildman–Crippen MR) is 70.6 cm³/mol. The Morgan fingerprint density at radius 3 is 2.37 bits per heavy atom. The maximum atomic E-state index is 11.9. The van der Waals surface area contributed by atoms with E-state index in [1.54, 1.807) is 12.1 Å². The van der Waals surface area contributed by atoms with E-state index < -0.39 is 5.91 Å². The van der Waals surface area contributed by atoms with E-state index in [4.69, 9.17) is 5.73 Å². The minimum Gasteiger partial charge on any atom is -0.393 e. The number of amides is 2. The number of carbonyl (C=O) groups excluding carboxylic acids is 2. The Hall–Kier alpha value is -1.88. The van der Waals surface area contributed by atoms with Gasteiger partial charge in [-0.05, 0) is 49.4 Å². The molecule has 0 radical (unpaired) electrons. The summed E-state index contributed by atoms with van der Waals surface area (Å²) in [5.74, 6) is -0.326. The van der Waals surface area contributed by atoms with Crippen molar-refractivity contribution < 1.29 is 14.7 Å². The Kier molecular flexibility index (Phi) is 4.16. The van der Waals surface area contributed by atoms with Gasteiger partial charge in [-0.1, -0.05) is 0 Å². The van der Waals surface area contributed by atoms with Gasteiger partial charge >= 0.3 is 0 Å². The summed E-state index contributed by atoms with van der Waals surface area (Å²) >= 11 is 0. The van der Waals surface area contributed by atoms with Crippen LogP contribution in [0.2, 0.25) is 0 Å². The molecule has 19 heavy (non-hydrogen) atoms. The van der Waals surface area contributed by atoms with Crippen molar-refractivity contribution in [3.63, 3.8) is 0 Å². The molecular formula is C14H18N2O3. The molecule has 1 aliphatic carbocycles. The fourth-order valence-corrected chi connectivity index (χ4v) is 2.36. The molecule has 5 nitrogen and oxygen atoms in total. The van der Waals surface area contributed by atoms with Gasteiger partial charge in [-0.3, -0.25) is 9.59 Å². The first kappa shape index (κ1) is 13.5. The van der Waals surface area contributed by atoms with Crippen LogP contribution in [0.1, 0.15) is 40.0 Å². The lowest BCUT2D eigenvalue weighted by atomic mass is 10.1. The summed E-state index contributed by atoms with van der Waals surface area (Å²) in [5.41, 5.74) is 6.02. The number of carbonyl (C=O) groups is 2. The fraction of sp³-hybridized carbons (Fsp3) is 0.429. The van der Waals surface area contributed by atoms with Gasteiger partial charge in [-0.15, -0.1) is 0 Å². The van der Waals surface area contributed by atoms with Crippen LogP contribution in [0.5, 0.6) is 0 Å². The van der Waals surface area contributed by atoms with Crippen LogP contribution in [0.15, 0.2) is 24.3 Å². The molecule has 5 heteroatoms. The Balaban J connectivity index is 1.87. The molecule has 2 atom stereocenters. The average Bonchev–Trinajstić information content (AvgIpc) is 2.82. The van der Waals surface area contributed by atoms with E-state index in [0.29, 0.717) is 23.6 Å². The van der Waals surface area contributed by atoms with Crippen LogP contribution in [-0.2, 0) is 0 Å². The zero-order chi connectivity index (χ0) is 13.8. The first-order valence-electron chi connectivity index (χ1n) is 6.42. The third-order valence-electron chi connectivity index (χ3n) is 3.50. The van der Waals surface area contributed by atoms with Crippen molar-refractivity contribution >= 4 is 11.8 Å². The van der Waals surface area contributed by atoms with Crippen LogP contribution in [0.25, 0.3) is 0 Å². The normalized spacial score (nSPS) is 22.2. The van der Waals surface area contributed by atoms with Crippen molar-refractivity contribution in [1.82, 2.24) is 5.32 Å². The highest BCUT2D eigenvalue weighted by atomic mass is 16.3. The van der Waals surface area contributed by atoms with Crippen LogP contribution in [0.4, 0.5) is 0 Å². The number of benzene rings is 1. The summed E-state index contributed by atoms with van der Waals surface area (Å²) in [6, 6.07) is 6.24. The number of nitrogens with one attached hydrogen (secondary N) is 1. The molecule has 4 N–H and O–H groups in total. The van der Waals surface area contributed by atoms with Gasteiger partial charge in [0, 0.05) is 17.7 Å².